The zero-order valence-corrected chi connectivity index (χ0v) is 12.2. The molecule has 1 aliphatic heterocycles. The fraction of sp³-hybridized carbons (Fsp3) is 0.250. The number of ether oxygens (including phenoxy) is 2. The number of aromatic nitrogens is 2. The van der Waals surface area contributed by atoms with Gasteiger partial charge in [0.05, 0.1) is 5.69 Å². The van der Waals surface area contributed by atoms with Gasteiger partial charge in [0.25, 0.3) is 0 Å². The van der Waals surface area contributed by atoms with Crippen LogP contribution in [0.5, 0.6) is 11.5 Å². The Balaban J connectivity index is 1.84. The van der Waals surface area contributed by atoms with Crippen LogP contribution < -0.4 is 9.47 Å². The number of carbonyl (C=O) groups is 1. The van der Waals surface area contributed by atoms with Crippen LogP contribution in [0.15, 0.2) is 24.3 Å². The second-order valence-electron chi connectivity index (χ2n) is 4.97. The molecule has 108 valence electrons. The lowest BCUT2D eigenvalue weighted by molar-refractivity contribution is 0.104. The Bertz CT molecular complexity index is 744. The summed E-state index contributed by atoms with van der Waals surface area (Å²) in [5.74, 6) is 1.22. The number of rotatable bonds is 3. The number of nitrogens with zero attached hydrogens (tertiary/aromatic N) is 2. The smallest absolute Gasteiger partial charge is 0.231 e. The average Bonchev–Trinajstić information content (AvgIpc) is 3.02. The number of hydrogen-bond acceptors (Lipinski definition) is 4. The van der Waals surface area contributed by atoms with Crippen molar-refractivity contribution in [2.75, 3.05) is 6.79 Å². The van der Waals surface area contributed by atoms with Gasteiger partial charge in [-0.3, -0.25) is 9.48 Å². The topological polar surface area (TPSA) is 53.4 Å². The second-order valence-corrected chi connectivity index (χ2v) is 4.97. The van der Waals surface area contributed by atoms with Crippen molar-refractivity contribution in [1.82, 2.24) is 9.78 Å². The fourth-order valence-corrected chi connectivity index (χ4v) is 2.34. The lowest BCUT2D eigenvalue weighted by Crippen LogP contribution is -1.95. The molecule has 0 N–H and O–H groups in total. The van der Waals surface area contributed by atoms with Crippen LogP contribution in [-0.4, -0.2) is 22.4 Å². The van der Waals surface area contributed by atoms with Crippen LogP contribution in [0.1, 0.15) is 27.3 Å². The predicted octanol–water partition coefficient (Wildman–Crippen LogP) is 2.66. The molecule has 0 aliphatic carbocycles. The van der Waals surface area contributed by atoms with Gasteiger partial charge >= 0.3 is 0 Å². The van der Waals surface area contributed by atoms with Crippen molar-refractivity contribution in [2.24, 2.45) is 7.05 Å². The van der Waals surface area contributed by atoms with E-state index in [-0.39, 0.29) is 12.6 Å². The molecule has 0 atom stereocenters. The van der Waals surface area contributed by atoms with E-state index in [2.05, 4.69) is 5.10 Å². The summed E-state index contributed by atoms with van der Waals surface area (Å²) >= 11 is 0. The molecule has 1 aliphatic rings. The van der Waals surface area contributed by atoms with Crippen molar-refractivity contribution in [1.29, 1.82) is 0 Å². The minimum atomic E-state index is -0.0732. The average molecular weight is 284 g/mol. The SMILES string of the molecule is Cc1nn(C)c(C)c1/C=C/C(=O)c1ccc2c(c1)OCO2. The first-order valence-corrected chi connectivity index (χ1v) is 6.68. The van der Waals surface area contributed by atoms with Crippen molar-refractivity contribution in [3.63, 3.8) is 0 Å². The van der Waals surface area contributed by atoms with E-state index in [0.717, 1.165) is 17.0 Å². The van der Waals surface area contributed by atoms with Gasteiger partial charge in [0.2, 0.25) is 6.79 Å². The molecule has 0 radical (unpaired) electrons. The van der Waals surface area contributed by atoms with Crippen LogP contribution >= 0.6 is 0 Å². The summed E-state index contributed by atoms with van der Waals surface area (Å²) in [5.41, 5.74) is 3.49. The first kappa shape index (κ1) is 13.4. The Labute approximate surface area is 122 Å². The Morgan fingerprint density at radius 2 is 2.05 bits per heavy atom. The molecule has 0 bridgehead atoms. The number of allylic oxidation sites excluding steroid dienone is 1. The molecule has 3 rings (SSSR count). The number of ketones is 1. The highest BCUT2D eigenvalue weighted by Crippen LogP contribution is 2.32. The third kappa shape index (κ3) is 2.42. The Kier molecular flexibility index (Phi) is 3.25. The molecule has 0 unspecified atom stereocenters. The van der Waals surface area contributed by atoms with Gasteiger partial charge in [0, 0.05) is 23.9 Å². The Morgan fingerprint density at radius 1 is 1.29 bits per heavy atom. The number of aryl methyl sites for hydroxylation is 2. The minimum Gasteiger partial charge on any atom is -0.454 e. The van der Waals surface area contributed by atoms with E-state index in [0.29, 0.717) is 17.1 Å². The number of carbonyl (C=O) groups excluding carboxylic acids is 1. The molecular weight excluding hydrogens is 268 g/mol. The first-order chi connectivity index (χ1) is 10.1. The third-order valence-electron chi connectivity index (χ3n) is 3.62. The van der Waals surface area contributed by atoms with Gasteiger partial charge in [-0.25, -0.2) is 0 Å². The molecule has 0 saturated heterocycles. The van der Waals surface area contributed by atoms with Crippen LogP contribution in [0.4, 0.5) is 0 Å². The molecule has 1 aromatic heterocycles. The van der Waals surface area contributed by atoms with Gasteiger partial charge in [0.1, 0.15) is 0 Å². The first-order valence-electron chi connectivity index (χ1n) is 6.68. The highest BCUT2D eigenvalue weighted by atomic mass is 16.7. The summed E-state index contributed by atoms with van der Waals surface area (Å²) in [6, 6.07) is 5.20. The summed E-state index contributed by atoms with van der Waals surface area (Å²) in [5, 5.41) is 4.33. The zero-order valence-electron chi connectivity index (χ0n) is 12.2. The van der Waals surface area contributed by atoms with Crippen molar-refractivity contribution >= 4 is 11.9 Å². The largest absolute Gasteiger partial charge is 0.454 e. The fourth-order valence-electron chi connectivity index (χ4n) is 2.34. The molecule has 0 fully saturated rings. The molecule has 5 nitrogen and oxygen atoms in total. The molecule has 5 heteroatoms. The van der Waals surface area contributed by atoms with Gasteiger partial charge in [0.15, 0.2) is 17.3 Å². The lowest BCUT2D eigenvalue weighted by Gasteiger charge is -1.99. The number of fused-ring (bicyclic) bond motifs is 1. The normalized spacial score (nSPS) is 13.1. The molecule has 2 aromatic rings. The van der Waals surface area contributed by atoms with Crippen molar-refractivity contribution in [3.05, 3.63) is 46.8 Å². The highest BCUT2D eigenvalue weighted by molar-refractivity contribution is 6.07. The Morgan fingerprint density at radius 3 is 2.76 bits per heavy atom. The van der Waals surface area contributed by atoms with Crippen LogP contribution in [0.2, 0.25) is 0 Å². The van der Waals surface area contributed by atoms with Gasteiger partial charge < -0.3 is 9.47 Å². The van der Waals surface area contributed by atoms with Gasteiger partial charge in [-0.05, 0) is 44.2 Å². The van der Waals surface area contributed by atoms with E-state index in [1.165, 1.54) is 0 Å². The van der Waals surface area contributed by atoms with E-state index in [1.807, 2.05) is 27.0 Å². The predicted molar refractivity (Wildman–Crippen MR) is 78.6 cm³/mol. The van der Waals surface area contributed by atoms with Crippen molar-refractivity contribution < 1.29 is 14.3 Å². The lowest BCUT2D eigenvalue weighted by atomic mass is 10.1. The molecule has 21 heavy (non-hydrogen) atoms. The second kappa shape index (κ2) is 5.09. The van der Waals surface area contributed by atoms with Crippen LogP contribution in [-0.2, 0) is 7.05 Å². The molecule has 0 spiro atoms. The van der Waals surface area contributed by atoms with Crippen molar-refractivity contribution in [3.8, 4) is 11.5 Å². The quantitative estimate of drug-likeness (QED) is 0.642. The molecule has 1 aromatic carbocycles. The highest BCUT2D eigenvalue weighted by Gasteiger charge is 2.15. The summed E-state index contributed by atoms with van der Waals surface area (Å²) in [7, 11) is 1.89. The van der Waals surface area contributed by atoms with E-state index >= 15 is 0 Å². The molecule has 2 heterocycles. The van der Waals surface area contributed by atoms with Crippen LogP contribution in [0.3, 0.4) is 0 Å². The Hall–Kier alpha value is -2.56. The third-order valence-corrected chi connectivity index (χ3v) is 3.62. The standard InChI is InChI=1S/C16H16N2O3/c1-10-13(11(2)18(3)17-10)5-6-14(19)12-4-7-15-16(8-12)21-9-20-15/h4-8H,9H2,1-3H3/b6-5+. The summed E-state index contributed by atoms with van der Waals surface area (Å²) in [4.78, 5) is 12.2. The summed E-state index contributed by atoms with van der Waals surface area (Å²) < 4.78 is 12.3. The van der Waals surface area contributed by atoms with Crippen molar-refractivity contribution in [2.45, 2.75) is 13.8 Å². The minimum absolute atomic E-state index is 0.0732. The van der Waals surface area contributed by atoms with Gasteiger partial charge in [-0.15, -0.1) is 0 Å². The zero-order chi connectivity index (χ0) is 15.0. The van der Waals surface area contributed by atoms with E-state index in [9.17, 15) is 4.79 Å². The molecule has 0 amide bonds. The maximum absolute atomic E-state index is 12.2. The van der Waals surface area contributed by atoms with Crippen LogP contribution in [0, 0.1) is 13.8 Å². The van der Waals surface area contributed by atoms with E-state index in [1.54, 1.807) is 29.0 Å². The molecule has 0 saturated carbocycles. The maximum atomic E-state index is 12.2. The molecular formula is C16H16N2O3. The summed E-state index contributed by atoms with van der Waals surface area (Å²) in [6.45, 7) is 4.11. The van der Waals surface area contributed by atoms with E-state index < -0.39 is 0 Å². The van der Waals surface area contributed by atoms with E-state index in [4.69, 9.17) is 9.47 Å². The van der Waals surface area contributed by atoms with Gasteiger partial charge in [-0.2, -0.15) is 5.10 Å². The monoisotopic (exact) mass is 284 g/mol. The maximum Gasteiger partial charge on any atom is 0.231 e. The number of hydrogen-bond donors (Lipinski definition) is 0. The summed E-state index contributed by atoms with van der Waals surface area (Å²) in [6.07, 6.45) is 3.37. The van der Waals surface area contributed by atoms with Crippen LogP contribution in [0.25, 0.3) is 6.08 Å². The van der Waals surface area contributed by atoms with Gasteiger partial charge in [-0.1, -0.05) is 0 Å². The number of benzene rings is 1.